The van der Waals surface area contributed by atoms with Crippen LogP contribution in [0.3, 0.4) is 0 Å². The van der Waals surface area contributed by atoms with E-state index in [1.54, 1.807) is 0 Å². The van der Waals surface area contributed by atoms with Crippen LogP contribution in [0.1, 0.15) is 46.7 Å². The van der Waals surface area contributed by atoms with E-state index in [4.69, 9.17) is 5.10 Å². The second-order valence-corrected chi connectivity index (χ2v) is 10.4. The molecular formula is C29H28N4O2S. The molecule has 0 radical (unpaired) electrons. The van der Waals surface area contributed by atoms with Crippen LogP contribution in [0.2, 0.25) is 0 Å². The van der Waals surface area contributed by atoms with Gasteiger partial charge in [-0.3, -0.25) is 9.59 Å². The molecule has 36 heavy (non-hydrogen) atoms. The van der Waals surface area contributed by atoms with Crippen LogP contribution in [0.5, 0.6) is 0 Å². The van der Waals surface area contributed by atoms with E-state index < -0.39 is 5.25 Å². The average molecular weight is 497 g/mol. The van der Waals surface area contributed by atoms with Crippen molar-refractivity contribution in [3.05, 3.63) is 101 Å². The van der Waals surface area contributed by atoms with Gasteiger partial charge in [-0.15, -0.1) is 0 Å². The average Bonchev–Trinajstić information content (AvgIpc) is 3.46. The zero-order valence-corrected chi connectivity index (χ0v) is 21.4. The number of anilines is 1. The lowest BCUT2D eigenvalue weighted by Gasteiger charge is -2.23. The predicted octanol–water partition coefficient (Wildman–Crippen LogP) is 5.79. The molecule has 2 heterocycles. The topological polar surface area (TPSA) is 74.1 Å². The fraction of sp³-hybridized carbons (Fsp3) is 0.241. The molecule has 1 N–H and O–H groups in total. The molecule has 7 heteroatoms. The van der Waals surface area contributed by atoms with Crippen LogP contribution in [0.4, 0.5) is 5.69 Å². The summed E-state index contributed by atoms with van der Waals surface area (Å²) < 4.78 is 0. The first kappa shape index (κ1) is 24.0. The Morgan fingerprint density at radius 1 is 1.00 bits per heavy atom. The SMILES string of the molecule is Cc1ccc(C2CC(c3ccccc3)=NN2C2=NC(=O)C(CC(=O)Nc3ccc(C)c(C)c3)S2)cc1. The number of nitrogens with one attached hydrogen (secondary N) is 1. The van der Waals surface area contributed by atoms with Gasteiger partial charge in [-0.2, -0.15) is 10.1 Å². The Morgan fingerprint density at radius 3 is 2.47 bits per heavy atom. The molecule has 0 spiro atoms. The smallest absolute Gasteiger partial charge is 0.262 e. The lowest BCUT2D eigenvalue weighted by Crippen LogP contribution is -2.25. The van der Waals surface area contributed by atoms with Gasteiger partial charge in [0.15, 0.2) is 5.17 Å². The Labute approximate surface area is 215 Å². The van der Waals surface area contributed by atoms with Gasteiger partial charge in [-0.25, -0.2) is 5.01 Å². The zero-order chi connectivity index (χ0) is 25.2. The number of nitrogens with zero attached hydrogens (tertiary/aromatic N) is 3. The van der Waals surface area contributed by atoms with Gasteiger partial charge in [-0.05, 0) is 55.2 Å². The number of hydrazone groups is 1. The third kappa shape index (κ3) is 5.11. The minimum Gasteiger partial charge on any atom is -0.326 e. The summed E-state index contributed by atoms with van der Waals surface area (Å²) in [5.74, 6) is -0.498. The number of carbonyl (C=O) groups excluding carboxylic acids is 2. The maximum atomic E-state index is 12.8. The minimum absolute atomic E-state index is 0.0573. The molecule has 0 aliphatic carbocycles. The molecule has 6 nitrogen and oxygen atoms in total. The lowest BCUT2D eigenvalue weighted by atomic mass is 9.98. The Morgan fingerprint density at radius 2 is 1.75 bits per heavy atom. The molecule has 2 amide bonds. The first-order valence-electron chi connectivity index (χ1n) is 12.0. The van der Waals surface area contributed by atoms with Crippen LogP contribution in [0.25, 0.3) is 0 Å². The van der Waals surface area contributed by atoms with Crippen molar-refractivity contribution in [1.29, 1.82) is 0 Å². The summed E-state index contributed by atoms with van der Waals surface area (Å²) in [7, 11) is 0. The van der Waals surface area contributed by atoms with E-state index in [-0.39, 0.29) is 24.3 Å². The van der Waals surface area contributed by atoms with Crippen molar-refractivity contribution in [2.75, 3.05) is 5.32 Å². The number of amides is 2. The molecule has 0 saturated heterocycles. The number of hydrogen-bond acceptors (Lipinski definition) is 5. The lowest BCUT2D eigenvalue weighted by molar-refractivity contribution is -0.121. The Balaban J connectivity index is 1.33. The van der Waals surface area contributed by atoms with Crippen LogP contribution in [-0.4, -0.2) is 33.0 Å². The highest BCUT2D eigenvalue weighted by Gasteiger charge is 2.39. The molecule has 2 aliphatic heterocycles. The summed E-state index contributed by atoms with van der Waals surface area (Å²) in [6, 6.07) is 24.2. The molecule has 2 unspecified atom stereocenters. The van der Waals surface area contributed by atoms with Crippen molar-refractivity contribution in [3.8, 4) is 0 Å². The minimum atomic E-state index is -0.568. The van der Waals surface area contributed by atoms with Crippen molar-refractivity contribution < 1.29 is 9.59 Å². The van der Waals surface area contributed by atoms with Gasteiger partial charge in [0, 0.05) is 18.5 Å². The van der Waals surface area contributed by atoms with Crippen LogP contribution in [-0.2, 0) is 9.59 Å². The van der Waals surface area contributed by atoms with Crippen molar-refractivity contribution in [2.24, 2.45) is 10.1 Å². The highest BCUT2D eigenvalue weighted by molar-refractivity contribution is 8.15. The molecule has 0 saturated carbocycles. The molecule has 3 aromatic carbocycles. The van der Waals surface area contributed by atoms with Crippen molar-refractivity contribution in [2.45, 2.75) is 44.9 Å². The van der Waals surface area contributed by atoms with E-state index >= 15 is 0 Å². The standard InChI is InChI=1S/C29H28N4O2S/c1-18-9-12-22(13-10-18)25-16-24(21-7-5-4-6-8-21)32-33(25)29-31-28(35)26(36-29)17-27(34)30-23-14-11-19(2)20(3)15-23/h4-15,25-26H,16-17H2,1-3H3,(H,30,34). The van der Waals surface area contributed by atoms with E-state index in [9.17, 15) is 9.59 Å². The number of carbonyl (C=O) groups is 2. The molecule has 0 aromatic heterocycles. The number of amidine groups is 1. The highest BCUT2D eigenvalue weighted by Crippen LogP contribution is 2.38. The summed E-state index contributed by atoms with van der Waals surface area (Å²) in [4.78, 5) is 29.9. The predicted molar refractivity (Wildman–Crippen MR) is 146 cm³/mol. The summed E-state index contributed by atoms with van der Waals surface area (Å²) >= 11 is 1.32. The molecule has 2 atom stereocenters. The number of rotatable bonds is 5. The normalized spacial score (nSPS) is 19.3. The molecule has 2 aliphatic rings. The van der Waals surface area contributed by atoms with E-state index in [2.05, 4.69) is 41.5 Å². The number of hydrogen-bond donors (Lipinski definition) is 1. The Kier molecular flexibility index (Phi) is 6.74. The molecular weight excluding hydrogens is 468 g/mol. The van der Waals surface area contributed by atoms with Gasteiger partial charge in [0.1, 0.15) is 5.25 Å². The zero-order valence-electron chi connectivity index (χ0n) is 20.6. The van der Waals surface area contributed by atoms with E-state index in [0.717, 1.165) is 33.7 Å². The summed E-state index contributed by atoms with van der Waals surface area (Å²) in [5.41, 5.74) is 7.30. The first-order valence-corrected chi connectivity index (χ1v) is 12.9. The quantitative estimate of drug-likeness (QED) is 0.485. The largest absolute Gasteiger partial charge is 0.326 e. The molecule has 5 rings (SSSR count). The number of aliphatic imine (C=N–C) groups is 1. The number of thioether (sulfide) groups is 1. The number of benzene rings is 3. The summed E-state index contributed by atoms with van der Waals surface area (Å²) in [6.45, 7) is 6.10. The fourth-order valence-corrected chi connectivity index (χ4v) is 5.41. The van der Waals surface area contributed by atoms with Crippen LogP contribution >= 0.6 is 11.8 Å². The monoisotopic (exact) mass is 496 g/mol. The highest BCUT2D eigenvalue weighted by atomic mass is 32.2. The van der Waals surface area contributed by atoms with Gasteiger partial charge in [0.2, 0.25) is 5.91 Å². The van der Waals surface area contributed by atoms with E-state index in [0.29, 0.717) is 11.6 Å². The Bertz CT molecular complexity index is 1370. The van der Waals surface area contributed by atoms with Gasteiger partial charge in [0.05, 0.1) is 11.8 Å². The molecule has 0 fully saturated rings. The van der Waals surface area contributed by atoms with E-state index in [1.807, 2.05) is 67.4 Å². The van der Waals surface area contributed by atoms with Gasteiger partial charge >= 0.3 is 0 Å². The number of aryl methyl sites for hydroxylation is 3. The van der Waals surface area contributed by atoms with Crippen molar-refractivity contribution in [3.63, 3.8) is 0 Å². The molecule has 182 valence electrons. The summed E-state index contributed by atoms with van der Waals surface area (Å²) in [6.07, 6.45) is 0.764. The third-order valence-corrected chi connectivity index (χ3v) is 7.71. The van der Waals surface area contributed by atoms with Crippen LogP contribution < -0.4 is 5.32 Å². The van der Waals surface area contributed by atoms with Crippen molar-refractivity contribution in [1.82, 2.24) is 5.01 Å². The van der Waals surface area contributed by atoms with Gasteiger partial charge < -0.3 is 5.32 Å². The van der Waals surface area contributed by atoms with Crippen LogP contribution in [0.15, 0.2) is 82.9 Å². The maximum Gasteiger partial charge on any atom is 0.262 e. The molecule has 0 bridgehead atoms. The van der Waals surface area contributed by atoms with E-state index in [1.165, 1.54) is 17.3 Å². The van der Waals surface area contributed by atoms with Crippen molar-refractivity contribution >= 4 is 40.1 Å². The van der Waals surface area contributed by atoms with Gasteiger partial charge in [-0.1, -0.05) is 78.0 Å². The summed E-state index contributed by atoms with van der Waals surface area (Å²) in [5, 5.41) is 9.65. The first-order chi connectivity index (χ1) is 17.4. The Hall–Kier alpha value is -3.71. The second-order valence-electron chi connectivity index (χ2n) is 9.28. The van der Waals surface area contributed by atoms with Crippen LogP contribution in [0, 0.1) is 20.8 Å². The molecule has 3 aromatic rings. The maximum absolute atomic E-state index is 12.8. The second kappa shape index (κ2) is 10.1. The third-order valence-electron chi connectivity index (χ3n) is 6.57. The van der Waals surface area contributed by atoms with Gasteiger partial charge in [0.25, 0.3) is 5.91 Å². The fourth-order valence-electron chi connectivity index (χ4n) is 4.34.